The fourth-order valence-corrected chi connectivity index (χ4v) is 18.7. The van der Waals surface area contributed by atoms with Gasteiger partial charge in [0.05, 0.1) is 41.3 Å². The summed E-state index contributed by atoms with van der Waals surface area (Å²) in [4.78, 5) is 220. The van der Waals surface area contributed by atoms with Gasteiger partial charge in [0, 0.05) is 161 Å². The van der Waals surface area contributed by atoms with Crippen molar-refractivity contribution < 1.29 is 76.8 Å². The van der Waals surface area contributed by atoms with Crippen LogP contribution in [0.4, 0.5) is 22.7 Å². The van der Waals surface area contributed by atoms with E-state index in [1.54, 1.807) is 109 Å². The number of nitro benzene ring substituents is 1. The second-order valence-corrected chi connectivity index (χ2v) is 35.3. The molecule has 12 N–H and O–H groups in total. The zero-order valence-corrected chi connectivity index (χ0v) is 74.3. The van der Waals surface area contributed by atoms with E-state index in [2.05, 4.69) is 74.0 Å². The van der Waals surface area contributed by atoms with Crippen LogP contribution < -0.4 is 68.7 Å². The topological polar surface area (TPSA) is 467 Å². The summed E-state index contributed by atoms with van der Waals surface area (Å²) in [7, 11) is 0. The molecule has 15 rings (SSSR count). The van der Waals surface area contributed by atoms with Gasteiger partial charge in [-0.3, -0.25) is 77.2 Å². The number of ether oxygens (including phenoxy) is 1. The molecule has 696 valence electrons. The number of benzene rings is 8. The van der Waals surface area contributed by atoms with Gasteiger partial charge in [0.2, 0.25) is 17.7 Å². The monoisotopic (exact) mass is 1820 g/mol. The van der Waals surface area contributed by atoms with Crippen molar-refractivity contribution in [2.45, 2.75) is 208 Å². The van der Waals surface area contributed by atoms with E-state index in [1.165, 1.54) is 77.7 Å². The van der Waals surface area contributed by atoms with E-state index in [-0.39, 0.29) is 107 Å². The van der Waals surface area contributed by atoms with E-state index in [0.29, 0.717) is 106 Å². The fourth-order valence-electron chi connectivity index (χ4n) is 18.7. The quantitative estimate of drug-likeness (QED) is 0.0123. The van der Waals surface area contributed by atoms with Crippen LogP contribution in [0.5, 0.6) is 0 Å². The van der Waals surface area contributed by atoms with Crippen molar-refractivity contribution in [2.75, 3.05) is 37.7 Å². The van der Waals surface area contributed by atoms with Crippen molar-refractivity contribution in [3.05, 3.63) is 271 Å². The van der Waals surface area contributed by atoms with Crippen LogP contribution in [0.2, 0.25) is 0 Å². The lowest BCUT2D eigenvalue weighted by atomic mass is 9.89. The number of nitrogens with one attached hydrogen (secondary N) is 12. The molecule has 134 heavy (non-hydrogen) atoms. The van der Waals surface area contributed by atoms with Crippen LogP contribution in [0, 0.1) is 10.1 Å². The van der Waals surface area contributed by atoms with E-state index < -0.39 is 167 Å². The number of likely N-dealkylation sites (N-methyl/N-ethyl adjacent to an activating group) is 1. The van der Waals surface area contributed by atoms with Crippen molar-refractivity contribution in [1.29, 1.82) is 0 Å². The van der Waals surface area contributed by atoms with Crippen LogP contribution in [-0.2, 0) is 36.8 Å². The summed E-state index contributed by atoms with van der Waals surface area (Å²) < 4.78 is 5.71. The molecule has 8 bridgehead atoms. The lowest BCUT2D eigenvalue weighted by molar-refractivity contribution is -0.384. The Hall–Kier alpha value is -14.9. The first-order chi connectivity index (χ1) is 64.9. The minimum Gasteiger partial charge on any atom is -0.464 e. The first-order valence-corrected chi connectivity index (χ1v) is 46.1. The number of non-ortho nitro benzene ring substituents is 1. The zero-order valence-electron chi connectivity index (χ0n) is 74.3. The van der Waals surface area contributed by atoms with Crippen LogP contribution in [-0.4, -0.2) is 198 Å². The fraction of sp³-hybridized carbons (Fsp3) is 0.380. The van der Waals surface area contributed by atoms with Crippen LogP contribution in [0.15, 0.2) is 204 Å². The summed E-state index contributed by atoms with van der Waals surface area (Å²) in [6.45, 7) is 2.03. The van der Waals surface area contributed by atoms with Crippen LogP contribution in [0.1, 0.15) is 237 Å². The maximum atomic E-state index is 15.7. The SMILES string of the molecule is CCN(CCOC(=O)CCC(=O)N1C[C@@H](NC(=O)[C@@H](Cc2ccccc2)NC(=O)c2cc3cc(c2)C(=O)N[C@@H]2CCCCC2NC(=O)c2cccc(c2)C(=O)N[C@@H]2CCCCC2NC3=O)[C@H](NC(=O)[C@@H](Cc2ccccc2)NC(=O)c2cc3cc(c2)C(=O)N[C@@H]2CCCCC2NC(=O)c2cccc(c2)C(=O)N[C@@H]2CCCCC2NC3=O)C1)c1ccc(N=Nc2ccc([N+](=O)[O-])cc2)cc1. The second-order valence-electron chi connectivity index (χ2n) is 35.3. The third kappa shape index (κ3) is 24.3. The number of carbonyl (C=O) groups is 14. The van der Waals surface area contributed by atoms with Crippen LogP contribution in [0.25, 0.3) is 0 Å². The summed E-state index contributed by atoms with van der Waals surface area (Å²) >= 11 is 0. The number of fused-ring (bicyclic) bond motifs is 12. The van der Waals surface area contributed by atoms with E-state index >= 15 is 19.2 Å². The number of esters is 1. The number of hydrogen-bond donors (Lipinski definition) is 12. The number of anilines is 1. The Morgan fingerprint density at radius 2 is 0.724 bits per heavy atom. The summed E-state index contributed by atoms with van der Waals surface area (Å²) in [6, 6.07) is 40.7. The van der Waals surface area contributed by atoms with Gasteiger partial charge in [0.25, 0.3) is 64.8 Å². The average Bonchev–Trinajstić information content (AvgIpc) is 1.61. The molecule has 8 aromatic rings. The number of nitrogens with zero attached hydrogens (tertiary/aromatic N) is 5. The predicted octanol–water partition coefficient (Wildman–Crippen LogP) is 9.57. The van der Waals surface area contributed by atoms with Crippen molar-refractivity contribution in [3.63, 3.8) is 0 Å². The highest BCUT2D eigenvalue weighted by Crippen LogP contribution is 2.30. The molecule has 4 unspecified atom stereocenters. The van der Waals surface area contributed by atoms with Crippen molar-refractivity contribution in [1.82, 2.24) is 68.7 Å². The first-order valence-electron chi connectivity index (χ1n) is 46.1. The third-order valence-electron chi connectivity index (χ3n) is 26.1. The van der Waals surface area contributed by atoms with Gasteiger partial charge >= 0.3 is 5.97 Å². The molecule has 13 amide bonds. The highest BCUT2D eigenvalue weighted by Gasteiger charge is 2.42. The van der Waals surface area contributed by atoms with E-state index in [1.807, 2.05) is 24.0 Å². The minimum absolute atomic E-state index is 0.0755. The van der Waals surface area contributed by atoms with E-state index in [0.717, 1.165) is 31.4 Å². The molecule has 0 spiro atoms. The third-order valence-corrected chi connectivity index (χ3v) is 26.1. The Morgan fingerprint density at radius 1 is 0.410 bits per heavy atom. The predicted molar refractivity (Wildman–Crippen MR) is 495 cm³/mol. The van der Waals surface area contributed by atoms with Gasteiger partial charge in [-0.15, -0.1) is 0 Å². The van der Waals surface area contributed by atoms with E-state index in [9.17, 15) is 58.1 Å². The standard InChI is InChI=1S/C100H109N17O17/c1-2-115(73-39-35-71(36-40-73)113-114-72-37-41-74(42-38-72)117(132)133)45-46-134-88(119)44-43-87(118)116-57-85(111-99(130)83(47-59-19-5-3-6-20-59)109-97(128)69-53-65-51-66(54-69)94(125)106-80-32-14-10-28-76(80)102-90(121)62-24-17-23-61(49-62)89(120)101-75-27-9-13-31-79(75)105-93(65)124)86(58-116)112-100(131)84(48-60-21-7-4-8-22-60)110-98(129)70-55-67-52-68(56-70)96(127)108-82-34-16-12-30-78(82)104-92(123)64-26-18-25-63(50-64)91(122)103-77-29-11-15-33-81(77)107-95(67)126/h3-8,17-26,35-42,49-56,75-86H,2,9-16,27-34,43-48,57-58H2,1H3,(H,101,120)(H,102,121)(H,103,122)(H,104,123)(H,105,124)(H,106,125)(H,107,126)(H,108,127)(H,109,128)(H,110,129)(H,111,130)(H,112,131)/t75-,76?,77-,78?,79?,80-,81?,82-,83-,84-,85-,86-/m1/s1. The first kappa shape index (κ1) is 93.8. The molecule has 12 atom stereocenters. The number of amides is 13. The number of rotatable bonds is 23. The summed E-state index contributed by atoms with van der Waals surface area (Å²) in [5.41, 5.74) is 2.92. The number of carbonyl (C=O) groups excluding carboxylic acids is 14. The Balaban J connectivity index is 0.704. The molecular weight excluding hydrogens is 1710 g/mol. The molecule has 8 aromatic carbocycles. The van der Waals surface area contributed by atoms with Gasteiger partial charge in [-0.2, -0.15) is 10.2 Å². The molecule has 5 fully saturated rings. The molecule has 4 saturated carbocycles. The Bertz CT molecular complexity index is 5340. The van der Waals surface area contributed by atoms with Crippen LogP contribution >= 0.6 is 0 Å². The number of azo groups is 1. The van der Waals surface area contributed by atoms with Gasteiger partial charge < -0.3 is 78.3 Å². The highest BCUT2D eigenvalue weighted by atomic mass is 16.6. The number of likely N-dealkylation sites (tertiary alicyclic amines) is 1. The average molecular weight is 1820 g/mol. The van der Waals surface area contributed by atoms with Crippen molar-refractivity contribution in [2.24, 2.45) is 10.2 Å². The molecule has 3 aliphatic heterocycles. The van der Waals surface area contributed by atoms with Gasteiger partial charge in [-0.1, -0.05) is 124 Å². The summed E-state index contributed by atoms with van der Waals surface area (Å²) in [5, 5.41) is 56.0. The number of nitro groups is 1. The maximum absolute atomic E-state index is 15.7. The largest absolute Gasteiger partial charge is 0.464 e. The summed E-state index contributed by atoms with van der Waals surface area (Å²) in [6.07, 6.45) is 8.50. The molecule has 4 aliphatic carbocycles. The Labute approximate surface area is 773 Å². The van der Waals surface area contributed by atoms with Crippen molar-refractivity contribution >= 4 is 106 Å². The molecule has 0 aromatic heterocycles. The molecular formula is C100H109N17O17. The Kier molecular flexibility index (Phi) is 30.7. The van der Waals surface area contributed by atoms with Gasteiger partial charge in [-0.25, -0.2) is 0 Å². The highest BCUT2D eigenvalue weighted by molar-refractivity contribution is 6.08. The minimum atomic E-state index is -1.49. The molecule has 7 aliphatic rings. The normalized spacial score (nSPS) is 22.0. The van der Waals surface area contributed by atoms with Gasteiger partial charge in [0.1, 0.15) is 18.7 Å². The van der Waals surface area contributed by atoms with E-state index in [4.69, 9.17) is 4.74 Å². The second kappa shape index (κ2) is 43.9. The van der Waals surface area contributed by atoms with Crippen molar-refractivity contribution in [3.8, 4) is 0 Å². The molecule has 3 heterocycles. The summed E-state index contributed by atoms with van der Waals surface area (Å²) in [5.74, 6) is -9.15. The Morgan fingerprint density at radius 3 is 1.04 bits per heavy atom. The molecule has 0 radical (unpaired) electrons. The molecule has 1 saturated heterocycles. The molecule has 34 nitrogen and oxygen atoms in total. The smallest absolute Gasteiger partial charge is 0.306 e. The lowest BCUT2D eigenvalue weighted by Crippen LogP contribution is -2.58. The number of hydrogen-bond acceptors (Lipinski definition) is 20. The molecule has 34 heteroatoms. The van der Waals surface area contributed by atoms with Gasteiger partial charge in [0.15, 0.2) is 0 Å². The van der Waals surface area contributed by atoms with Crippen LogP contribution in [0.3, 0.4) is 0 Å². The van der Waals surface area contributed by atoms with Gasteiger partial charge in [-0.05, 0) is 179 Å². The maximum Gasteiger partial charge on any atom is 0.306 e. The lowest BCUT2D eigenvalue weighted by Gasteiger charge is -2.33. The zero-order chi connectivity index (χ0) is 93.9.